The molecule has 1 heterocycles. The van der Waals surface area contributed by atoms with Gasteiger partial charge in [0.25, 0.3) is 5.91 Å². The average Bonchev–Trinajstić information content (AvgIpc) is 3.02. The van der Waals surface area contributed by atoms with Crippen LogP contribution in [0.25, 0.3) is 11.5 Å². The molecule has 0 radical (unpaired) electrons. The van der Waals surface area contributed by atoms with Crippen LogP contribution < -0.4 is 10.6 Å². The van der Waals surface area contributed by atoms with Crippen molar-refractivity contribution in [1.29, 1.82) is 0 Å². The molecule has 7 heteroatoms. The Morgan fingerprint density at radius 2 is 2.05 bits per heavy atom. The molecule has 1 aromatic carbocycles. The lowest BCUT2D eigenvalue weighted by atomic mass is 10.2. The fraction of sp³-hybridized carbons (Fsp3) is 0.267. The number of hydrogen-bond acceptors (Lipinski definition) is 5. The molecule has 116 valence electrons. The highest BCUT2D eigenvalue weighted by atomic mass is 16.6. The third-order valence-corrected chi connectivity index (χ3v) is 2.84. The van der Waals surface area contributed by atoms with Gasteiger partial charge in [-0.15, -0.1) is 0 Å². The van der Waals surface area contributed by atoms with E-state index in [0.29, 0.717) is 18.9 Å². The molecule has 0 saturated carbocycles. The minimum atomic E-state index is -0.643. The third-order valence-electron chi connectivity index (χ3n) is 2.84. The van der Waals surface area contributed by atoms with E-state index in [1.807, 2.05) is 30.3 Å². The van der Waals surface area contributed by atoms with Crippen LogP contribution in [0.4, 0.5) is 4.79 Å². The summed E-state index contributed by atoms with van der Waals surface area (Å²) in [6.45, 7) is 0.0395. The Balaban J connectivity index is 1.75. The zero-order valence-electron chi connectivity index (χ0n) is 12.2. The first-order valence-corrected chi connectivity index (χ1v) is 6.80. The number of carbonyl (C=O) groups excluding carboxylic acids is 2. The Kier molecular flexibility index (Phi) is 5.53. The standard InChI is InChI=1S/C15H17N3O4/c1-16-13(19)10-22-15(20)17-8-7-12-9-21-14(18-12)11-5-3-2-4-6-11/h2-6,9H,7-8,10H2,1H3,(H,16,19)(H,17,20). The maximum atomic E-state index is 11.3. The molecule has 1 aromatic heterocycles. The van der Waals surface area contributed by atoms with E-state index in [1.165, 1.54) is 7.05 Å². The average molecular weight is 303 g/mol. The molecule has 22 heavy (non-hydrogen) atoms. The maximum Gasteiger partial charge on any atom is 0.407 e. The molecule has 0 aliphatic carbocycles. The topological polar surface area (TPSA) is 93.5 Å². The largest absolute Gasteiger partial charge is 0.444 e. The monoisotopic (exact) mass is 303 g/mol. The molecule has 2 amide bonds. The van der Waals surface area contributed by atoms with Crippen molar-refractivity contribution in [3.05, 3.63) is 42.3 Å². The number of hydrogen-bond donors (Lipinski definition) is 2. The Morgan fingerprint density at radius 1 is 1.27 bits per heavy atom. The van der Waals surface area contributed by atoms with Crippen molar-refractivity contribution < 1.29 is 18.7 Å². The second kappa shape index (κ2) is 7.82. The number of benzene rings is 1. The van der Waals surface area contributed by atoms with Crippen molar-refractivity contribution >= 4 is 12.0 Å². The Morgan fingerprint density at radius 3 is 2.77 bits per heavy atom. The van der Waals surface area contributed by atoms with Gasteiger partial charge >= 0.3 is 6.09 Å². The first-order valence-electron chi connectivity index (χ1n) is 6.80. The number of rotatable bonds is 6. The van der Waals surface area contributed by atoms with Gasteiger partial charge in [0, 0.05) is 25.6 Å². The number of ether oxygens (including phenoxy) is 1. The van der Waals surface area contributed by atoms with Crippen LogP contribution >= 0.6 is 0 Å². The Hall–Kier alpha value is -2.83. The quantitative estimate of drug-likeness (QED) is 0.840. The SMILES string of the molecule is CNC(=O)COC(=O)NCCc1coc(-c2ccccc2)n1. The van der Waals surface area contributed by atoms with Crippen molar-refractivity contribution in [2.45, 2.75) is 6.42 Å². The molecule has 2 aromatic rings. The molecule has 0 unspecified atom stereocenters. The maximum absolute atomic E-state index is 11.3. The first kappa shape index (κ1) is 15.6. The normalized spacial score (nSPS) is 10.0. The van der Waals surface area contributed by atoms with Crippen LogP contribution in [0.5, 0.6) is 0 Å². The second-order valence-electron chi connectivity index (χ2n) is 4.44. The summed E-state index contributed by atoms with van der Waals surface area (Å²) in [5, 5.41) is 4.89. The smallest absolute Gasteiger partial charge is 0.407 e. The summed E-state index contributed by atoms with van der Waals surface area (Å²) < 4.78 is 10.1. The van der Waals surface area contributed by atoms with Gasteiger partial charge in [0.15, 0.2) is 6.61 Å². The van der Waals surface area contributed by atoms with E-state index in [1.54, 1.807) is 6.26 Å². The third kappa shape index (κ3) is 4.62. The fourth-order valence-electron chi connectivity index (χ4n) is 1.68. The van der Waals surface area contributed by atoms with E-state index < -0.39 is 6.09 Å². The molecule has 0 spiro atoms. The van der Waals surface area contributed by atoms with Gasteiger partial charge in [0.2, 0.25) is 5.89 Å². The minimum absolute atomic E-state index is 0.301. The number of nitrogens with one attached hydrogen (secondary N) is 2. The van der Waals surface area contributed by atoms with Gasteiger partial charge in [-0.25, -0.2) is 9.78 Å². The van der Waals surface area contributed by atoms with Crippen LogP contribution in [0, 0.1) is 0 Å². The summed E-state index contributed by atoms with van der Waals surface area (Å²) in [6.07, 6.45) is 1.42. The molecule has 2 N–H and O–H groups in total. The lowest BCUT2D eigenvalue weighted by Crippen LogP contribution is -2.31. The zero-order chi connectivity index (χ0) is 15.8. The van der Waals surface area contributed by atoms with Gasteiger partial charge in [-0.05, 0) is 12.1 Å². The number of oxazole rings is 1. The van der Waals surface area contributed by atoms with Gasteiger partial charge in [-0.2, -0.15) is 0 Å². The van der Waals surface area contributed by atoms with Crippen LogP contribution in [0.15, 0.2) is 41.0 Å². The van der Waals surface area contributed by atoms with Crippen LogP contribution in [-0.4, -0.2) is 37.2 Å². The Bertz CT molecular complexity index is 625. The predicted molar refractivity (Wildman–Crippen MR) is 79.1 cm³/mol. The Labute approximate surface area is 127 Å². The second-order valence-corrected chi connectivity index (χ2v) is 4.44. The molecular formula is C15H17N3O4. The van der Waals surface area contributed by atoms with Gasteiger partial charge in [0.05, 0.1) is 5.69 Å². The summed E-state index contributed by atoms with van der Waals surface area (Å²) in [5.74, 6) is 0.178. The fourth-order valence-corrected chi connectivity index (χ4v) is 1.68. The van der Waals surface area contributed by atoms with Crippen molar-refractivity contribution in [3.8, 4) is 11.5 Å². The van der Waals surface area contributed by atoms with Crippen LogP contribution in [0.2, 0.25) is 0 Å². The molecule has 0 fully saturated rings. The molecule has 2 rings (SSSR count). The van der Waals surface area contributed by atoms with E-state index in [0.717, 1.165) is 11.3 Å². The summed E-state index contributed by atoms with van der Waals surface area (Å²) in [5.41, 5.74) is 1.62. The van der Waals surface area contributed by atoms with Crippen molar-refractivity contribution in [2.75, 3.05) is 20.2 Å². The molecule has 0 atom stereocenters. The molecular weight excluding hydrogens is 286 g/mol. The molecule has 0 bridgehead atoms. The van der Waals surface area contributed by atoms with Crippen molar-refractivity contribution in [2.24, 2.45) is 0 Å². The van der Waals surface area contributed by atoms with E-state index >= 15 is 0 Å². The van der Waals surface area contributed by atoms with Crippen molar-refractivity contribution in [1.82, 2.24) is 15.6 Å². The number of nitrogens with zero attached hydrogens (tertiary/aromatic N) is 1. The molecule has 0 aliphatic rings. The van der Waals surface area contributed by atoms with E-state index in [-0.39, 0.29) is 12.5 Å². The number of aromatic nitrogens is 1. The summed E-state index contributed by atoms with van der Waals surface area (Å²) in [6, 6.07) is 9.54. The molecule has 0 saturated heterocycles. The predicted octanol–water partition coefficient (Wildman–Crippen LogP) is 1.36. The summed E-state index contributed by atoms with van der Waals surface area (Å²) >= 11 is 0. The van der Waals surface area contributed by atoms with Gasteiger partial charge in [-0.1, -0.05) is 18.2 Å². The van der Waals surface area contributed by atoms with Crippen LogP contribution in [0.1, 0.15) is 5.69 Å². The minimum Gasteiger partial charge on any atom is -0.444 e. The van der Waals surface area contributed by atoms with Crippen LogP contribution in [0.3, 0.4) is 0 Å². The van der Waals surface area contributed by atoms with Gasteiger partial charge < -0.3 is 19.8 Å². The highest BCUT2D eigenvalue weighted by molar-refractivity contribution is 5.79. The van der Waals surface area contributed by atoms with Crippen LogP contribution in [-0.2, 0) is 16.0 Å². The number of carbonyl (C=O) groups is 2. The van der Waals surface area contributed by atoms with E-state index in [4.69, 9.17) is 9.15 Å². The van der Waals surface area contributed by atoms with E-state index in [9.17, 15) is 9.59 Å². The highest BCUT2D eigenvalue weighted by Crippen LogP contribution is 2.17. The highest BCUT2D eigenvalue weighted by Gasteiger charge is 2.08. The molecule has 0 aliphatic heterocycles. The first-order chi connectivity index (χ1) is 10.7. The number of likely N-dealkylation sites (N-methyl/N-ethyl adjacent to an activating group) is 1. The lowest BCUT2D eigenvalue weighted by molar-refractivity contribution is -0.123. The number of alkyl carbamates (subject to hydrolysis) is 1. The van der Waals surface area contributed by atoms with Gasteiger partial charge in [0.1, 0.15) is 6.26 Å². The van der Waals surface area contributed by atoms with Crippen molar-refractivity contribution in [3.63, 3.8) is 0 Å². The lowest BCUT2D eigenvalue weighted by Gasteiger charge is -2.04. The van der Waals surface area contributed by atoms with E-state index in [2.05, 4.69) is 15.6 Å². The van der Waals surface area contributed by atoms with Gasteiger partial charge in [-0.3, -0.25) is 4.79 Å². The molecule has 7 nitrogen and oxygen atoms in total. The summed E-state index contributed by atoms with van der Waals surface area (Å²) in [7, 11) is 1.47. The summed E-state index contributed by atoms with van der Waals surface area (Å²) in [4.78, 5) is 26.6. The number of amides is 2. The zero-order valence-corrected chi connectivity index (χ0v) is 12.2.